The highest BCUT2D eigenvalue weighted by atomic mass is 16.6. The highest BCUT2D eigenvalue weighted by Gasteiger charge is 2.49. The van der Waals surface area contributed by atoms with Gasteiger partial charge in [0, 0.05) is 24.2 Å². The number of carboxylic acid groups (broad SMARTS) is 1. The molecule has 206 valence electrons. The molecule has 1 unspecified atom stereocenters. The van der Waals surface area contributed by atoms with E-state index in [-0.39, 0.29) is 24.7 Å². The van der Waals surface area contributed by atoms with Crippen LogP contribution < -0.4 is 0 Å². The molecule has 0 radical (unpaired) electrons. The van der Waals surface area contributed by atoms with Crippen molar-refractivity contribution in [3.63, 3.8) is 0 Å². The van der Waals surface area contributed by atoms with Crippen molar-refractivity contribution in [2.45, 2.75) is 103 Å². The standard InChI is InChI=1S/C31H43N3O4/c1-5-25(17-23-9-7-6-8-10-23)27-18-28(27)34(30(37)38-31(2,3)4)26-15-13-22(14-16-26)11-12-24-19-32-33(20-24)21-29(35)36/h6-10,17,19-20,22,26-28H,5,11-16,18,21H2,1-4H3,(H,35,36)/b25-17+/t22?,26?,27?,28-/m1/s1. The second-order valence-corrected chi connectivity index (χ2v) is 11.9. The zero-order chi connectivity index (χ0) is 27.3. The molecule has 0 bridgehead atoms. The smallest absolute Gasteiger partial charge is 0.410 e. The van der Waals surface area contributed by atoms with E-state index in [1.54, 1.807) is 6.20 Å². The summed E-state index contributed by atoms with van der Waals surface area (Å²) in [6.07, 6.45) is 13.9. The molecule has 7 heteroatoms. The fourth-order valence-corrected chi connectivity index (χ4v) is 5.84. The fourth-order valence-electron chi connectivity index (χ4n) is 5.84. The van der Waals surface area contributed by atoms with Gasteiger partial charge in [0.25, 0.3) is 0 Å². The molecule has 0 aliphatic heterocycles. The molecule has 0 saturated heterocycles. The van der Waals surface area contributed by atoms with Crippen molar-refractivity contribution in [3.05, 3.63) is 59.4 Å². The summed E-state index contributed by atoms with van der Waals surface area (Å²) in [5.74, 6) is 0.119. The van der Waals surface area contributed by atoms with Crippen molar-refractivity contribution in [1.82, 2.24) is 14.7 Å². The molecule has 7 nitrogen and oxygen atoms in total. The van der Waals surface area contributed by atoms with Crippen LogP contribution in [-0.2, 0) is 22.5 Å². The van der Waals surface area contributed by atoms with Crippen LogP contribution in [0.4, 0.5) is 4.79 Å². The summed E-state index contributed by atoms with van der Waals surface area (Å²) in [4.78, 5) is 26.5. The number of carbonyl (C=O) groups excluding carboxylic acids is 1. The number of rotatable bonds is 10. The van der Waals surface area contributed by atoms with Gasteiger partial charge in [-0.1, -0.05) is 48.9 Å². The third-order valence-corrected chi connectivity index (χ3v) is 7.79. The molecule has 38 heavy (non-hydrogen) atoms. The number of hydrogen-bond donors (Lipinski definition) is 1. The number of aromatic nitrogens is 2. The lowest BCUT2D eigenvalue weighted by Gasteiger charge is -2.38. The molecule has 1 heterocycles. The molecular formula is C31H43N3O4. The van der Waals surface area contributed by atoms with Crippen LogP contribution in [0.1, 0.15) is 83.8 Å². The zero-order valence-corrected chi connectivity index (χ0v) is 23.3. The lowest BCUT2D eigenvalue weighted by atomic mass is 9.82. The van der Waals surface area contributed by atoms with Gasteiger partial charge in [-0.2, -0.15) is 5.10 Å². The zero-order valence-electron chi connectivity index (χ0n) is 23.3. The van der Waals surface area contributed by atoms with E-state index in [2.05, 4.69) is 47.3 Å². The molecule has 1 N–H and O–H groups in total. The first-order valence-electron chi connectivity index (χ1n) is 14.1. The number of aryl methyl sites for hydroxylation is 1. The minimum Gasteiger partial charge on any atom is -0.480 e. The van der Waals surface area contributed by atoms with Crippen LogP contribution in [-0.4, -0.2) is 49.5 Å². The van der Waals surface area contributed by atoms with Crippen molar-refractivity contribution in [3.8, 4) is 0 Å². The highest BCUT2D eigenvalue weighted by Crippen LogP contribution is 2.46. The van der Waals surface area contributed by atoms with Gasteiger partial charge in [-0.3, -0.25) is 9.48 Å². The monoisotopic (exact) mass is 521 g/mol. The van der Waals surface area contributed by atoms with E-state index < -0.39 is 11.6 Å². The molecular weight excluding hydrogens is 478 g/mol. The van der Waals surface area contributed by atoms with Gasteiger partial charge < -0.3 is 14.7 Å². The average Bonchev–Trinajstić information content (AvgIpc) is 3.50. The summed E-state index contributed by atoms with van der Waals surface area (Å²) in [7, 11) is 0. The molecule has 0 spiro atoms. The predicted octanol–water partition coefficient (Wildman–Crippen LogP) is 6.58. The van der Waals surface area contributed by atoms with E-state index >= 15 is 0 Å². The molecule has 2 aliphatic carbocycles. The Balaban J connectivity index is 1.37. The van der Waals surface area contributed by atoms with Crippen molar-refractivity contribution >= 4 is 18.1 Å². The maximum Gasteiger partial charge on any atom is 0.410 e. The number of aliphatic carboxylic acids is 1. The van der Waals surface area contributed by atoms with Gasteiger partial charge in [0.2, 0.25) is 0 Å². The molecule has 2 saturated carbocycles. The largest absolute Gasteiger partial charge is 0.480 e. The van der Waals surface area contributed by atoms with Gasteiger partial charge in [0.1, 0.15) is 12.1 Å². The number of amides is 1. The molecule has 1 amide bonds. The minimum absolute atomic E-state index is 0.103. The van der Waals surface area contributed by atoms with Crippen LogP contribution in [0, 0.1) is 11.8 Å². The third kappa shape index (κ3) is 7.71. The topological polar surface area (TPSA) is 84.7 Å². The van der Waals surface area contributed by atoms with E-state index in [9.17, 15) is 9.59 Å². The highest BCUT2D eigenvalue weighted by molar-refractivity contribution is 5.70. The first kappa shape index (κ1) is 27.9. The number of carboxylic acids is 1. The third-order valence-electron chi connectivity index (χ3n) is 7.79. The average molecular weight is 522 g/mol. The van der Waals surface area contributed by atoms with Crippen molar-refractivity contribution in [2.24, 2.45) is 11.8 Å². The van der Waals surface area contributed by atoms with Gasteiger partial charge >= 0.3 is 12.1 Å². The Bertz CT molecular complexity index is 1110. The molecule has 1 aromatic heterocycles. The minimum atomic E-state index is -0.882. The number of carbonyl (C=O) groups is 2. The summed E-state index contributed by atoms with van der Waals surface area (Å²) in [5, 5.41) is 13.1. The van der Waals surface area contributed by atoms with E-state index in [1.165, 1.54) is 15.8 Å². The molecule has 2 aliphatic rings. The number of hydrogen-bond acceptors (Lipinski definition) is 4. The second kappa shape index (κ2) is 12.2. The molecule has 2 atom stereocenters. The normalized spacial score (nSPS) is 23.6. The van der Waals surface area contributed by atoms with Crippen LogP contribution in [0.25, 0.3) is 6.08 Å². The number of ether oxygens (including phenoxy) is 1. The van der Waals surface area contributed by atoms with E-state index in [4.69, 9.17) is 9.84 Å². The Hall–Kier alpha value is -3.09. The van der Waals surface area contributed by atoms with Crippen LogP contribution in [0.5, 0.6) is 0 Å². The van der Waals surface area contributed by atoms with E-state index in [1.807, 2.05) is 33.0 Å². The van der Waals surface area contributed by atoms with Gasteiger partial charge in [0.05, 0.1) is 6.20 Å². The number of nitrogens with zero attached hydrogens (tertiary/aromatic N) is 3. The SMILES string of the molecule is CC/C(=C\c1ccccc1)C1C[C@H]1N(C(=O)OC(C)(C)C)C1CCC(CCc2cnn(CC(=O)O)c2)CC1. The summed E-state index contributed by atoms with van der Waals surface area (Å²) in [6, 6.07) is 10.9. The van der Waals surface area contributed by atoms with Crippen molar-refractivity contribution < 1.29 is 19.4 Å². The quantitative estimate of drug-likeness (QED) is 0.382. The molecule has 1 aromatic carbocycles. The van der Waals surface area contributed by atoms with Crippen LogP contribution >= 0.6 is 0 Å². The number of benzene rings is 1. The maximum atomic E-state index is 13.5. The van der Waals surface area contributed by atoms with Crippen molar-refractivity contribution in [2.75, 3.05) is 0 Å². The van der Waals surface area contributed by atoms with E-state index in [0.717, 1.165) is 56.9 Å². The van der Waals surface area contributed by atoms with E-state index in [0.29, 0.717) is 11.8 Å². The fraction of sp³-hybridized carbons (Fsp3) is 0.581. The van der Waals surface area contributed by atoms with Gasteiger partial charge in [-0.05, 0) is 89.2 Å². The van der Waals surface area contributed by atoms with Crippen LogP contribution in [0.15, 0.2) is 48.3 Å². The lowest BCUT2D eigenvalue weighted by molar-refractivity contribution is -0.137. The summed E-state index contributed by atoms with van der Waals surface area (Å²) in [5.41, 5.74) is 3.19. The summed E-state index contributed by atoms with van der Waals surface area (Å²) < 4.78 is 7.40. The molecule has 2 fully saturated rings. The molecule has 4 rings (SSSR count). The van der Waals surface area contributed by atoms with Crippen molar-refractivity contribution in [1.29, 1.82) is 0 Å². The summed E-state index contributed by atoms with van der Waals surface area (Å²) in [6.45, 7) is 7.92. The predicted molar refractivity (Wildman–Crippen MR) is 149 cm³/mol. The maximum absolute atomic E-state index is 13.5. The Morgan fingerprint density at radius 2 is 1.87 bits per heavy atom. The van der Waals surface area contributed by atoms with Crippen LogP contribution in [0.2, 0.25) is 0 Å². The Morgan fingerprint density at radius 3 is 2.50 bits per heavy atom. The van der Waals surface area contributed by atoms with Gasteiger partial charge in [-0.25, -0.2) is 4.79 Å². The Morgan fingerprint density at radius 1 is 1.16 bits per heavy atom. The second-order valence-electron chi connectivity index (χ2n) is 11.9. The van der Waals surface area contributed by atoms with Gasteiger partial charge in [-0.15, -0.1) is 0 Å². The Labute approximate surface area is 226 Å². The van der Waals surface area contributed by atoms with Crippen LogP contribution in [0.3, 0.4) is 0 Å². The Kier molecular flexibility index (Phi) is 8.95. The lowest BCUT2D eigenvalue weighted by Crippen LogP contribution is -2.47. The molecule has 2 aromatic rings. The first-order valence-corrected chi connectivity index (χ1v) is 14.1. The summed E-state index contributed by atoms with van der Waals surface area (Å²) >= 11 is 0. The first-order chi connectivity index (χ1) is 18.1. The van der Waals surface area contributed by atoms with Gasteiger partial charge in [0.15, 0.2) is 0 Å².